The summed E-state index contributed by atoms with van der Waals surface area (Å²) >= 11 is 6.42. The molecule has 3 aromatic rings. The number of nitrogens with zero attached hydrogens (tertiary/aromatic N) is 5. The van der Waals surface area contributed by atoms with Gasteiger partial charge in [0.25, 0.3) is 5.69 Å². The molecule has 0 unspecified atom stereocenters. The Morgan fingerprint density at radius 1 is 1.09 bits per heavy atom. The second-order valence-corrected chi connectivity index (χ2v) is 16.1. The van der Waals surface area contributed by atoms with Gasteiger partial charge in [-0.2, -0.15) is 4.98 Å². The van der Waals surface area contributed by atoms with Crippen LogP contribution in [-0.4, -0.2) is 73.5 Å². The summed E-state index contributed by atoms with van der Waals surface area (Å²) in [6.07, 6.45) is 8.30. The topological polar surface area (TPSA) is 126 Å². The Morgan fingerprint density at radius 2 is 1.77 bits per heavy atom. The van der Waals surface area contributed by atoms with Crippen LogP contribution < -0.4 is 25.6 Å². The molecule has 0 atom stereocenters. The molecule has 1 aliphatic heterocycles. The van der Waals surface area contributed by atoms with Crippen LogP contribution in [0.4, 0.5) is 34.5 Å². The standard InChI is InChI=1S/C31H41ClN7O4P/c1-37(2)21-10-12-31(13-11-21)14-16-38(17-15-31)25-19-27(43-3)24(18-26(25)39(40)41)35-30-33-20-22(32)29(36-30)34-23-8-6-7-9-28(23)44(4,5)42/h6-9,18-21H,10-17H2,1-5H3,(H2,33,34,35,36). The lowest BCUT2D eigenvalue weighted by molar-refractivity contribution is -0.384. The molecule has 0 bridgehead atoms. The SMILES string of the molecule is COc1cc(N2CCC3(CCC(N(C)C)CC3)CC2)c([N+](=O)[O-])cc1Nc1ncc(Cl)c(Nc2ccccc2P(C)(C)=O)n1. The number of piperidine rings is 1. The average molecular weight is 642 g/mol. The highest BCUT2D eigenvalue weighted by Gasteiger charge is 2.39. The molecule has 1 spiro atoms. The van der Waals surface area contributed by atoms with Gasteiger partial charge in [-0.3, -0.25) is 10.1 Å². The van der Waals surface area contributed by atoms with Gasteiger partial charge in [0.05, 0.1) is 29.6 Å². The molecular formula is C31H41ClN7O4P. The van der Waals surface area contributed by atoms with Crippen molar-refractivity contribution < 1.29 is 14.2 Å². The summed E-state index contributed by atoms with van der Waals surface area (Å²) in [6, 6.07) is 11.1. The van der Waals surface area contributed by atoms with Crippen LogP contribution in [0.25, 0.3) is 0 Å². The maximum absolute atomic E-state index is 12.8. The number of benzene rings is 2. The molecule has 2 N–H and O–H groups in total. The number of nitro groups is 1. The van der Waals surface area contributed by atoms with Crippen LogP contribution in [0.2, 0.25) is 5.02 Å². The summed E-state index contributed by atoms with van der Waals surface area (Å²) in [5, 5.41) is 19.5. The monoisotopic (exact) mass is 641 g/mol. The number of anilines is 5. The van der Waals surface area contributed by atoms with Crippen LogP contribution in [0.15, 0.2) is 42.6 Å². The predicted molar refractivity (Wildman–Crippen MR) is 179 cm³/mol. The summed E-state index contributed by atoms with van der Waals surface area (Å²) < 4.78 is 18.5. The van der Waals surface area contributed by atoms with E-state index in [1.165, 1.54) is 45.1 Å². The Hall–Kier alpha value is -3.40. The number of aromatic nitrogens is 2. The number of para-hydroxylation sites is 1. The molecule has 1 saturated carbocycles. The van der Waals surface area contributed by atoms with Crippen molar-refractivity contribution in [1.82, 2.24) is 14.9 Å². The quantitative estimate of drug-likeness (QED) is 0.145. The molecule has 1 aromatic heterocycles. The minimum atomic E-state index is -2.58. The fraction of sp³-hybridized carbons (Fsp3) is 0.484. The van der Waals surface area contributed by atoms with Gasteiger partial charge in [-0.1, -0.05) is 23.7 Å². The average Bonchev–Trinajstić information content (AvgIpc) is 2.99. The van der Waals surface area contributed by atoms with Crippen molar-refractivity contribution >= 4 is 58.6 Å². The molecule has 2 heterocycles. The molecule has 0 amide bonds. The number of nitro benzene ring substituents is 1. The largest absolute Gasteiger partial charge is 0.494 e. The fourth-order valence-electron chi connectivity index (χ4n) is 6.49. The van der Waals surface area contributed by atoms with E-state index in [9.17, 15) is 14.7 Å². The minimum Gasteiger partial charge on any atom is -0.494 e. The van der Waals surface area contributed by atoms with Gasteiger partial charge in [0.1, 0.15) is 23.6 Å². The number of halogens is 1. The van der Waals surface area contributed by atoms with Gasteiger partial charge in [0.2, 0.25) is 5.95 Å². The number of rotatable bonds is 9. The molecule has 13 heteroatoms. The van der Waals surface area contributed by atoms with Crippen LogP contribution >= 0.6 is 18.7 Å². The summed E-state index contributed by atoms with van der Waals surface area (Å²) in [7, 11) is 3.26. The summed E-state index contributed by atoms with van der Waals surface area (Å²) in [5.41, 5.74) is 1.85. The zero-order valence-corrected chi connectivity index (χ0v) is 27.6. The molecule has 1 saturated heterocycles. The Kier molecular flexibility index (Phi) is 9.39. The highest BCUT2D eigenvalue weighted by atomic mass is 35.5. The third-order valence-corrected chi connectivity index (χ3v) is 11.0. The van der Waals surface area contributed by atoms with Crippen LogP contribution in [0.3, 0.4) is 0 Å². The maximum atomic E-state index is 12.8. The number of hydrogen-bond donors (Lipinski definition) is 2. The van der Waals surface area contributed by atoms with Crippen LogP contribution in [-0.2, 0) is 4.57 Å². The summed E-state index contributed by atoms with van der Waals surface area (Å²) in [4.78, 5) is 25.2. The number of hydrogen-bond acceptors (Lipinski definition) is 10. The number of methoxy groups -OCH3 is 1. The van der Waals surface area contributed by atoms with Crippen molar-refractivity contribution in [2.24, 2.45) is 5.41 Å². The number of ether oxygens (including phenoxy) is 1. The Bertz CT molecular complexity index is 1560. The first-order valence-corrected chi connectivity index (χ1v) is 17.9. The minimum absolute atomic E-state index is 0.0107. The van der Waals surface area contributed by atoms with Crippen molar-refractivity contribution in [3.05, 3.63) is 57.7 Å². The third-order valence-electron chi connectivity index (χ3n) is 9.13. The molecule has 5 rings (SSSR count). The smallest absolute Gasteiger partial charge is 0.294 e. The van der Waals surface area contributed by atoms with E-state index in [4.69, 9.17) is 16.3 Å². The van der Waals surface area contributed by atoms with Gasteiger partial charge in [-0.15, -0.1) is 0 Å². The van der Waals surface area contributed by atoms with E-state index in [0.29, 0.717) is 45.4 Å². The van der Waals surface area contributed by atoms with Crippen LogP contribution in [0.1, 0.15) is 38.5 Å². The Labute approximate surface area is 263 Å². The molecule has 2 aromatic carbocycles. The van der Waals surface area contributed by atoms with Crippen molar-refractivity contribution in [2.75, 3.05) is 63.2 Å². The molecule has 2 fully saturated rings. The first-order chi connectivity index (χ1) is 20.9. The van der Waals surface area contributed by atoms with Gasteiger partial charge in [-0.05, 0) is 83.5 Å². The van der Waals surface area contributed by atoms with Gasteiger partial charge in [0, 0.05) is 36.6 Å². The van der Waals surface area contributed by atoms with E-state index >= 15 is 0 Å². The van der Waals surface area contributed by atoms with Crippen LogP contribution in [0, 0.1) is 15.5 Å². The maximum Gasteiger partial charge on any atom is 0.294 e. The first-order valence-electron chi connectivity index (χ1n) is 14.9. The molecule has 1 aliphatic carbocycles. The van der Waals surface area contributed by atoms with E-state index < -0.39 is 7.14 Å². The van der Waals surface area contributed by atoms with Crippen LogP contribution in [0.5, 0.6) is 5.75 Å². The van der Waals surface area contributed by atoms with Gasteiger partial charge in [0.15, 0.2) is 5.82 Å². The van der Waals surface area contributed by atoms with Crippen molar-refractivity contribution in [3.63, 3.8) is 0 Å². The van der Waals surface area contributed by atoms with Gasteiger partial charge >= 0.3 is 0 Å². The van der Waals surface area contributed by atoms with Gasteiger partial charge < -0.3 is 29.7 Å². The zero-order chi connectivity index (χ0) is 31.6. The summed E-state index contributed by atoms with van der Waals surface area (Å²) in [6.45, 7) is 4.93. The van der Waals surface area contributed by atoms with Crippen molar-refractivity contribution in [1.29, 1.82) is 0 Å². The molecule has 0 radical (unpaired) electrons. The zero-order valence-electron chi connectivity index (χ0n) is 26.0. The lowest BCUT2D eigenvalue weighted by Gasteiger charge is -2.47. The van der Waals surface area contributed by atoms with Gasteiger partial charge in [-0.25, -0.2) is 4.98 Å². The molecule has 44 heavy (non-hydrogen) atoms. The lowest BCUT2D eigenvalue weighted by atomic mass is 9.66. The van der Waals surface area contributed by atoms with E-state index in [1.807, 2.05) is 18.2 Å². The third kappa shape index (κ3) is 6.95. The second kappa shape index (κ2) is 12.9. The molecule has 2 aliphatic rings. The van der Waals surface area contributed by atoms with Crippen molar-refractivity contribution in [2.45, 2.75) is 44.6 Å². The fourth-order valence-corrected chi connectivity index (χ4v) is 7.78. The van der Waals surface area contributed by atoms with E-state index in [0.717, 1.165) is 25.9 Å². The highest BCUT2D eigenvalue weighted by molar-refractivity contribution is 7.70. The van der Waals surface area contributed by atoms with Crippen molar-refractivity contribution in [3.8, 4) is 5.75 Å². The second-order valence-electron chi connectivity index (χ2n) is 12.5. The van der Waals surface area contributed by atoms with E-state index in [1.54, 1.807) is 25.5 Å². The Morgan fingerprint density at radius 3 is 2.39 bits per heavy atom. The predicted octanol–water partition coefficient (Wildman–Crippen LogP) is 6.87. The molecular weight excluding hydrogens is 601 g/mol. The highest BCUT2D eigenvalue weighted by Crippen LogP contribution is 2.48. The summed E-state index contributed by atoms with van der Waals surface area (Å²) in [5.74, 6) is 0.907. The van der Waals surface area contributed by atoms with E-state index in [-0.39, 0.29) is 21.6 Å². The molecule has 236 valence electrons. The lowest BCUT2D eigenvalue weighted by Crippen LogP contribution is -2.44. The van der Waals surface area contributed by atoms with E-state index in [2.05, 4.69) is 44.5 Å². The Balaban J connectivity index is 1.37. The molecule has 11 nitrogen and oxygen atoms in total. The first kappa shape index (κ1) is 32.0. The normalized spacial score (nSPS) is 17.1. The number of nitrogens with one attached hydrogen (secondary N) is 2.